The molecule has 0 aliphatic carbocycles. The van der Waals surface area contributed by atoms with E-state index in [0.29, 0.717) is 33.8 Å². The molecule has 0 saturated heterocycles. The van der Waals surface area contributed by atoms with Gasteiger partial charge in [0.25, 0.3) is 0 Å². The summed E-state index contributed by atoms with van der Waals surface area (Å²) in [6.07, 6.45) is 1.64. The minimum Gasteiger partial charge on any atom is -0.507 e. The predicted molar refractivity (Wildman–Crippen MR) is 164 cm³/mol. The lowest BCUT2D eigenvalue weighted by Gasteiger charge is -2.19. The van der Waals surface area contributed by atoms with Crippen LogP contribution >= 0.6 is 0 Å². The largest absolute Gasteiger partial charge is 0.507 e. The van der Waals surface area contributed by atoms with Gasteiger partial charge in [0.1, 0.15) is 22.9 Å². The lowest BCUT2D eigenvalue weighted by molar-refractivity contribution is 0.473. The summed E-state index contributed by atoms with van der Waals surface area (Å²) >= 11 is 0. The molecule has 6 heteroatoms. The van der Waals surface area contributed by atoms with Crippen LogP contribution in [0.25, 0.3) is 44.8 Å². The van der Waals surface area contributed by atoms with Gasteiger partial charge in [0.2, 0.25) is 5.89 Å². The van der Waals surface area contributed by atoms with Crippen LogP contribution in [0.15, 0.2) is 113 Å². The summed E-state index contributed by atoms with van der Waals surface area (Å²) in [5.74, 6) is -0.172. The monoisotopic (exact) mass is 558 g/mol. The summed E-state index contributed by atoms with van der Waals surface area (Å²) in [4.78, 5) is 9.63. The highest BCUT2D eigenvalue weighted by atomic mass is 19.1. The number of phenolic OH excluding ortho intramolecular Hbond substituents is 1. The van der Waals surface area contributed by atoms with Gasteiger partial charge in [0.05, 0.1) is 11.3 Å². The van der Waals surface area contributed by atoms with Crippen LogP contribution in [-0.4, -0.2) is 16.3 Å². The van der Waals surface area contributed by atoms with Crippen molar-refractivity contribution in [2.45, 2.75) is 26.2 Å². The minimum absolute atomic E-state index is 0.0865. The Morgan fingerprint density at radius 3 is 2.02 bits per heavy atom. The van der Waals surface area contributed by atoms with Crippen LogP contribution in [0.3, 0.4) is 0 Å². The van der Waals surface area contributed by atoms with Crippen molar-refractivity contribution in [3.8, 4) is 39.5 Å². The smallest absolute Gasteiger partial charge is 0.229 e. The van der Waals surface area contributed by atoms with Gasteiger partial charge in [-0.15, -0.1) is 0 Å². The first-order valence-corrected chi connectivity index (χ1v) is 13.6. The third kappa shape index (κ3) is 5.31. The second-order valence-electron chi connectivity index (χ2n) is 11.2. The number of oxazole rings is 1. The molecule has 6 rings (SSSR count). The van der Waals surface area contributed by atoms with Gasteiger partial charge in [-0.3, -0.25) is 4.99 Å². The van der Waals surface area contributed by atoms with Crippen LogP contribution in [-0.2, 0) is 5.41 Å². The molecule has 1 N–H and O–H groups in total. The second-order valence-corrected chi connectivity index (χ2v) is 11.2. The highest BCUT2D eigenvalue weighted by molar-refractivity contribution is 6.01. The van der Waals surface area contributed by atoms with E-state index in [2.05, 4.69) is 20.8 Å². The zero-order chi connectivity index (χ0) is 29.4. The van der Waals surface area contributed by atoms with E-state index in [-0.39, 0.29) is 22.8 Å². The van der Waals surface area contributed by atoms with Gasteiger partial charge in [0.15, 0.2) is 5.58 Å². The Hall–Kier alpha value is -5.10. The molecule has 208 valence electrons. The fraction of sp³-hybridized carbons (Fsp3) is 0.111. The molecule has 1 heterocycles. The second kappa shape index (κ2) is 10.7. The van der Waals surface area contributed by atoms with Gasteiger partial charge in [-0.2, -0.15) is 0 Å². The summed E-state index contributed by atoms with van der Waals surface area (Å²) in [6.45, 7) is 6.34. The molecule has 0 aliphatic heterocycles. The van der Waals surface area contributed by atoms with Gasteiger partial charge in [-0.1, -0.05) is 69.3 Å². The van der Waals surface area contributed by atoms with Crippen molar-refractivity contribution >= 4 is 23.0 Å². The SMILES string of the molecule is CC(C)(C)c1ccc(O)c(C=Nc2ccccc2-c2nc3c(-c4ccc(F)cc4)ccc(-c4ccc(F)cc4)c3o2)c1. The van der Waals surface area contributed by atoms with E-state index in [1.165, 1.54) is 24.3 Å². The third-order valence-electron chi connectivity index (χ3n) is 7.22. The maximum absolute atomic E-state index is 13.7. The van der Waals surface area contributed by atoms with Crippen LogP contribution in [0.4, 0.5) is 14.5 Å². The van der Waals surface area contributed by atoms with E-state index in [9.17, 15) is 13.9 Å². The van der Waals surface area contributed by atoms with E-state index >= 15 is 0 Å². The summed E-state index contributed by atoms with van der Waals surface area (Å²) in [5, 5.41) is 10.5. The summed E-state index contributed by atoms with van der Waals surface area (Å²) in [5.41, 5.74) is 7.06. The van der Waals surface area contributed by atoms with Crippen LogP contribution in [0.2, 0.25) is 0 Å². The first-order valence-electron chi connectivity index (χ1n) is 13.6. The molecular formula is C36H28F2N2O2. The number of benzene rings is 5. The lowest BCUT2D eigenvalue weighted by atomic mass is 9.86. The van der Waals surface area contributed by atoms with Gasteiger partial charge < -0.3 is 9.52 Å². The molecule has 0 fully saturated rings. The first-order chi connectivity index (χ1) is 20.2. The molecule has 0 saturated carbocycles. The van der Waals surface area contributed by atoms with E-state index in [4.69, 9.17) is 14.4 Å². The van der Waals surface area contributed by atoms with E-state index in [0.717, 1.165) is 27.8 Å². The number of hydrogen-bond donors (Lipinski definition) is 1. The number of phenols is 1. The average molecular weight is 559 g/mol. The van der Waals surface area contributed by atoms with Crippen LogP contribution in [0.1, 0.15) is 31.9 Å². The number of halogens is 2. The standard InChI is InChI=1S/C36H28F2N2O2/c1-36(2,3)25-12-19-32(41)24(20-25)21-39-31-7-5-4-6-30(31)35-40-33-28(22-8-13-26(37)14-9-22)17-18-29(34(33)42-35)23-10-15-27(38)16-11-23/h4-21,41H,1-3H3. The highest BCUT2D eigenvalue weighted by Gasteiger charge is 2.20. The molecule has 6 aromatic rings. The molecule has 0 amide bonds. The molecule has 5 aromatic carbocycles. The Kier molecular flexibility index (Phi) is 6.91. The molecule has 42 heavy (non-hydrogen) atoms. The van der Waals surface area contributed by atoms with Gasteiger partial charge in [0, 0.05) is 22.9 Å². The molecule has 0 bridgehead atoms. The Morgan fingerprint density at radius 2 is 1.36 bits per heavy atom. The topological polar surface area (TPSA) is 58.6 Å². The van der Waals surface area contributed by atoms with Gasteiger partial charge >= 0.3 is 0 Å². The molecule has 0 unspecified atom stereocenters. The lowest BCUT2D eigenvalue weighted by Crippen LogP contribution is -2.11. The fourth-order valence-corrected chi connectivity index (χ4v) is 4.87. The van der Waals surface area contributed by atoms with Crippen LogP contribution in [0.5, 0.6) is 5.75 Å². The number of fused-ring (bicyclic) bond motifs is 1. The maximum Gasteiger partial charge on any atom is 0.229 e. The quantitative estimate of drug-likeness (QED) is 0.214. The third-order valence-corrected chi connectivity index (χ3v) is 7.22. The minimum atomic E-state index is -0.331. The number of aliphatic imine (C=N–C) groups is 1. The van der Waals surface area contributed by atoms with Crippen LogP contribution in [0, 0.1) is 11.6 Å². The van der Waals surface area contributed by atoms with Crippen molar-refractivity contribution in [1.29, 1.82) is 0 Å². The van der Waals surface area contributed by atoms with E-state index in [1.54, 1.807) is 36.5 Å². The Bertz CT molecular complexity index is 1850. The predicted octanol–water partition coefficient (Wildman–Crippen LogP) is 9.86. The van der Waals surface area contributed by atoms with Crippen molar-refractivity contribution < 1.29 is 18.3 Å². The van der Waals surface area contributed by atoms with Crippen molar-refractivity contribution in [2.24, 2.45) is 4.99 Å². The Labute approximate surface area is 242 Å². The number of aromatic hydroxyl groups is 1. The summed E-state index contributed by atoms with van der Waals surface area (Å²) < 4.78 is 33.9. The number of rotatable bonds is 5. The molecule has 0 radical (unpaired) electrons. The van der Waals surface area contributed by atoms with Crippen LogP contribution < -0.4 is 0 Å². The number of hydrogen-bond acceptors (Lipinski definition) is 4. The number of nitrogens with zero attached hydrogens (tertiary/aromatic N) is 2. The zero-order valence-corrected chi connectivity index (χ0v) is 23.4. The first kappa shape index (κ1) is 27.1. The highest BCUT2D eigenvalue weighted by Crippen LogP contribution is 2.40. The fourth-order valence-electron chi connectivity index (χ4n) is 4.87. The van der Waals surface area contributed by atoms with Gasteiger partial charge in [-0.25, -0.2) is 13.8 Å². The molecular weight excluding hydrogens is 530 g/mol. The van der Waals surface area contributed by atoms with Crippen molar-refractivity contribution in [3.05, 3.63) is 126 Å². The molecule has 4 nitrogen and oxygen atoms in total. The Morgan fingerprint density at radius 1 is 0.738 bits per heavy atom. The zero-order valence-electron chi connectivity index (χ0n) is 23.4. The number of aromatic nitrogens is 1. The molecule has 0 aliphatic rings. The van der Waals surface area contributed by atoms with Crippen molar-refractivity contribution in [1.82, 2.24) is 4.98 Å². The van der Waals surface area contributed by atoms with Crippen molar-refractivity contribution in [2.75, 3.05) is 0 Å². The van der Waals surface area contributed by atoms with Crippen molar-refractivity contribution in [3.63, 3.8) is 0 Å². The Balaban J connectivity index is 1.49. The van der Waals surface area contributed by atoms with E-state index < -0.39 is 0 Å². The van der Waals surface area contributed by atoms with E-state index in [1.807, 2.05) is 48.5 Å². The molecule has 0 spiro atoms. The molecule has 0 atom stereocenters. The molecule has 1 aromatic heterocycles. The number of para-hydroxylation sites is 1. The maximum atomic E-state index is 13.7. The average Bonchev–Trinajstić information content (AvgIpc) is 3.42. The normalized spacial score (nSPS) is 11.9. The summed E-state index contributed by atoms with van der Waals surface area (Å²) in [6, 6.07) is 29.2. The van der Waals surface area contributed by atoms with Gasteiger partial charge in [-0.05, 0) is 76.7 Å². The summed E-state index contributed by atoms with van der Waals surface area (Å²) in [7, 11) is 0.